The van der Waals surface area contributed by atoms with Crippen molar-refractivity contribution in [2.75, 3.05) is 10.6 Å². The third-order valence-electron chi connectivity index (χ3n) is 5.30. The first-order valence-corrected chi connectivity index (χ1v) is 10.6. The van der Waals surface area contributed by atoms with Gasteiger partial charge in [0.2, 0.25) is 5.91 Å². The first-order valence-electron chi connectivity index (χ1n) is 10.6. The van der Waals surface area contributed by atoms with Gasteiger partial charge in [-0.3, -0.25) is 14.4 Å². The third kappa shape index (κ3) is 5.69. The van der Waals surface area contributed by atoms with Crippen LogP contribution in [0.4, 0.5) is 11.4 Å². The summed E-state index contributed by atoms with van der Waals surface area (Å²) >= 11 is 0. The van der Waals surface area contributed by atoms with Gasteiger partial charge in [0, 0.05) is 23.2 Å². The topological polar surface area (TPSA) is 87.3 Å². The normalized spacial score (nSPS) is 14.2. The predicted molar refractivity (Wildman–Crippen MR) is 119 cm³/mol. The molecule has 1 saturated carbocycles. The van der Waals surface area contributed by atoms with Gasteiger partial charge in [-0.25, -0.2) is 0 Å². The van der Waals surface area contributed by atoms with Gasteiger partial charge in [-0.1, -0.05) is 45.2 Å². The maximum atomic E-state index is 12.8. The maximum Gasteiger partial charge on any atom is 0.255 e. The van der Waals surface area contributed by atoms with Crippen molar-refractivity contribution in [3.63, 3.8) is 0 Å². The molecule has 2 aromatic carbocycles. The Labute approximate surface area is 177 Å². The van der Waals surface area contributed by atoms with Crippen molar-refractivity contribution in [2.24, 2.45) is 5.92 Å². The van der Waals surface area contributed by atoms with Gasteiger partial charge < -0.3 is 16.0 Å². The zero-order valence-electron chi connectivity index (χ0n) is 17.5. The highest BCUT2D eigenvalue weighted by molar-refractivity contribution is 6.09. The number of hydrogen-bond acceptors (Lipinski definition) is 3. The van der Waals surface area contributed by atoms with Gasteiger partial charge in [-0.2, -0.15) is 0 Å². The number of para-hydroxylation sites is 1. The highest BCUT2D eigenvalue weighted by Crippen LogP contribution is 2.21. The van der Waals surface area contributed by atoms with E-state index in [1.807, 2.05) is 13.8 Å². The van der Waals surface area contributed by atoms with Crippen molar-refractivity contribution in [2.45, 2.75) is 52.0 Å². The number of benzene rings is 2. The van der Waals surface area contributed by atoms with E-state index < -0.39 is 0 Å². The summed E-state index contributed by atoms with van der Waals surface area (Å²) in [5, 5.41) is 8.73. The summed E-state index contributed by atoms with van der Waals surface area (Å²) < 4.78 is 0. The molecule has 1 aliphatic rings. The van der Waals surface area contributed by atoms with Crippen LogP contribution in [-0.2, 0) is 4.79 Å². The molecular weight excluding hydrogens is 378 g/mol. The van der Waals surface area contributed by atoms with Crippen LogP contribution < -0.4 is 16.0 Å². The lowest BCUT2D eigenvalue weighted by Gasteiger charge is -2.23. The first-order chi connectivity index (χ1) is 14.4. The molecule has 3 N–H and O–H groups in total. The minimum atomic E-state index is -0.311. The van der Waals surface area contributed by atoms with Crippen LogP contribution in [0.2, 0.25) is 0 Å². The molecule has 6 nitrogen and oxygen atoms in total. The highest BCUT2D eigenvalue weighted by Gasteiger charge is 2.19. The second-order valence-corrected chi connectivity index (χ2v) is 8.03. The molecule has 0 spiro atoms. The minimum Gasteiger partial charge on any atom is -0.349 e. The predicted octanol–water partition coefficient (Wildman–Crippen LogP) is 4.60. The lowest BCUT2D eigenvalue weighted by Crippen LogP contribution is -2.36. The Kier molecular flexibility index (Phi) is 7.22. The molecule has 0 radical (unpaired) electrons. The molecule has 0 saturated heterocycles. The summed E-state index contributed by atoms with van der Waals surface area (Å²) in [4.78, 5) is 37.2. The van der Waals surface area contributed by atoms with Gasteiger partial charge >= 0.3 is 0 Å². The van der Waals surface area contributed by atoms with Crippen LogP contribution >= 0.6 is 0 Å². The fourth-order valence-electron chi connectivity index (χ4n) is 3.49. The summed E-state index contributed by atoms with van der Waals surface area (Å²) in [6.45, 7) is 3.64. The second-order valence-electron chi connectivity index (χ2n) is 8.03. The van der Waals surface area contributed by atoms with Crippen LogP contribution in [0.15, 0.2) is 48.5 Å². The van der Waals surface area contributed by atoms with Gasteiger partial charge in [0.05, 0.1) is 11.3 Å². The Morgan fingerprint density at radius 3 is 2.17 bits per heavy atom. The SMILES string of the molecule is CC(C)C(=O)Nc1ccc(C(=O)Nc2ccccc2C(=O)NC2CCCCC2)cc1. The molecule has 0 heterocycles. The zero-order valence-corrected chi connectivity index (χ0v) is 17.5. The van der Waals surface area contributed by atoms with Gasteiger partial charge in [0.25, 0.3) is 11.8 Å². The van der Waals surface area contributed by atoms with E-state index in [1.165, 1.54) is 6.42 Å². The van der Waals surface area contributed by atoms with E-state index in [9.17, 15) is 14.4 Å². The largest absolute Gasteiger partial charge is 0.349 e. The van der Waals surface area contributed by atoms with Crippen molar-refractivity contribution in [3.8, 4) is 0 Å². The van der Waals surface area contributed by atoms with Gasteiger partial charge in [-0.15, -0.1) is 0 Å². The van der Waals surface area contributed by atoms with Gasteiger partial charge in [0.15, 0.2) is 0 Å². The Hall–Kier alpha value is -3.15. The Bertz CT molecular complexity index is 900. The molecule has 0 bridgehead atoms. The van der Waals surface area contributed by atoms with Crippen molar-refractivity contribution in [1.29, 1.82) is 0 Å². The molecule has 0 atom stereocenters. The number of nitrogens with one attached hydrogen (secondary N) is 3. The smallest absolute Gasteiger partial charge is 0.255 e. The molecule has 1 aliphatic carbocycles. The lowest BCUT2D eigenvalue weighted by molar-refractivity contribution is -0.118. The van der Waals surface area contributed by atoms with E-state index >= 15 is 0 Å². The number of carbonyl (C=O) groups is 3. The molecule has 3 amide bonds. The number of anilines is 2. The third-order valence-corrected chi connectivity index (χ3v) is 5.30. The quantitative estimate of drug-likeness (QED) is 0.654. The van der Waals surface area contributed by atoms with E-state index in [0.717, 1.165) is 25.7 Å². The van der Waals surface area contributed by atoms with E-state index in [-0.39, 0.29) is 29.7 Å². The number of carbonyl (C=O) groups excluding carboxylic acids is 3. The van der Waals surface area contributed by atoms with E-state index in [0.29, 0.717) is 22.5 Å². The second kappa shape index (κ2) is 10.1. The van der Waals surface area contributed by atoms with Crippen molar-refractivity contribution >= 4 is 29.1 Å². The highest BCUT2D eigenvalue weighted by atomic mass is 16.2. The minimum absolute atomic E-state index is 0.0786. The van der Waals surface area contributed by atoms with E-state index in [2.05, 4.69) is 16.0 Å². The average Bonchev–Trinajstić information content (AvgIpc) is 2.75. The Balaban J connectivity index is 1.66. The zero-order chi connectivity index (χ0) is 21.5. The monoisotopic (exact) mass is 407 g/mol. The lowest BCUT2D eigenvalue weighted by atomic mass is 9.95. The molecule has 30 heavy (non-hydrogen) atoms. The fourth-order valence-corrected chi connectivity index (χ4v) is 3.49. The van der Waals surface area contributed by atoms with Gasteiger partial charge in [0.1, 0.15) is 0 Å². The molecule has 3 rings (SSSR count). The van der Waals surface area contributed by atoms with Crippen molar-refractivity contribution in [1.82, 2.24) is 5.32 Å². The maximum absolute atomic E-state index is 12.8. The van der Waals surface area contributed by atoms with E-state index in [1.54, 1.807) is 48.5 Å². The van der Waals surface area contributed by atoms with E-state index in [4.69, 9.17) is 0 Å². The summed E-state index contributed by atoms with van der Waals surface area (Å²) in [5.74, 6) is -0.673. The summed E-state index contributed by atoms with van der Waals surface area (Å²) in [6.07, 6.45) is 5.49. The fraction of sp³-hybridized carbons (Fsp3) is 0.375. The summed E-state index contributed by atoms with van der Waals surface area (Å²) in [5.41, 5.74) is 2.02. The molecule has 1 fully saturated rings. The van der Waals surface area contributed by atoms with Crippen LogP contribution in [0.5, 0.6) is 0 Å². The number of rotatable bonds is 6. The van der Waals surface area contributed by atoms with Crippen molar-refractivity contribution < 1.29 is 14.4 Å². The molecule has 158 valence electrons. The Morgan fingerprint density at radius 2 is 1.50 bits per heavy atom. The molecule has 2 aromatic rings. The van der Waals surface area contributed by atoms with Crippen LogP contribution in [-0.4, -0.2) is 23.8 Å². The van der Waals surface area contributed by atoms with Gasteiger partial charge in [-0.05, 0) is 49.2 Å². The average molecular weight is 408 g/mol. The van der Waals surface area contributed by atoms with Crippen LogP contribution in [0, 0.1) is 5.92 Å². The molecular formula is C24H29N3O3. The first kappa shape index (κ1) is 21.6. The van der Waals surface area contributed by atoms with Crippen molar-refractivity contribution in [3.05, 3.63) is 59.7 Å². The van der Waals surface area contributed by atoms with Crippen LogP contribution in [0.1, 0.15) is 66.7 Å². The van der Waals surface area contributed by atoms with Crippen LogP contribution in [0.25, 0.3) is 0 Å². The summed E-state index contributed by atoms with van der Waals surface area (Å²) in [7, 11) is 0. The molecule has 6 heteroatoms. The molecule has 0 unspecified atom stereocenters. The molecule has 0 aromatic heterocycles. The van der Waals surface area contributed by atoms with Crippen LogP contribution in [0.3, 0.4) is 0 Å². The molecule has 0 aliphatic heterocycles. The number of hydrogen-bond donors (Lipinski definition) is 3. The number of amides is 3. The summed E-state index contributed by atoms with van der Waals surface area (Å²) in [6, 6.07) is 13.9. The Morgan fingerprint density at radius 1 is 0.833 bits per heavy atom. The standard InChI is InChI=1S/C24H29N3O3/c1-16(2)22(28)25-19-14-12-17(13-15-19)23(29)27-21-11-7-6-10-20(21)24(30)26-18-8-4-3-5-9-18/h6-7,10-16,18H,3-5,8-9H2,1-2H3,(H,25,28)(H,26,30)(H,27,29).